The van der Waals surface area contributed by atoms with Gasteiger partial charge in [0.05, 0.1) is 0 Å². The van der Waals surface area contributed by atoms with E-state index in [9.17, 15) is 4.79 Å². The van der Waals surface area contributed by atoms with Gasteiger partial charge in [-0.1, -0.05) is 30.3 Å². The van der Waals surface area contributed by atoms with Crippen LogP contribution >= 0.6 is 24.0 Å². The van der Waals surface area contributed by atoms with E-state index in [1.54, 1.807) is 25.3 Å². The minimum atomic E-state index is 0. The molecule has 1 amide bonds. The summed E-state index contributed by atoms with van der Waals surface area (Å²) in [6, 6.07) is 17.7. The number of rotatable bonds is 8. The topological polar surface area (TPSA) is 87.4 Å². The fourth-order valence-electron chi connectivity index (χ4n) is 3.11. The van der Waals surface area contributed by atoms with E-state index in [-0.39, 0.29) is 29.9 Å². The fraction of sp³-hybridized carbons (Fsp3) is 0.304. The third-order valence-electron chi connectivity index (χ3n) is 4.66. The fourth-order valence-corrected chi connectivity index (χ4v) is 3.11. The van der Waals surface area contributed by atoms with Crippen LogP contribution in [0.5, 0.6) is 0 Å². The summed E-state index contributed by atoms with van der Waals surface area (Å²) in [6.45, 7) is 3.87. The van der Waals surface area contributed by atoms with Crippen molar-refractivity contribution < 1.29 is 4.79 Å². The number of hydrogen-bond donors (Lipinski definition) is 2. The van der Waals surface area contributed by atoms with Crippen molar-refractivity contribution in [3.05, 3.63) is 77.9 Å². The molecule has 8 nitrogen and oxygen atoms in total. The van der Waals surface area contributed by atoms with Crippen molar-refractivity contribution in [2.24, 2.45) is 4.99 Å². The Morgan fingerprint density at radius 3 is 2.59 bits per heavy atom. The Morgan fingerprint density at radius 2 is 1.88 bits per heavy atom. The van der Waals surface area contributed by atoms with Crippen molar-refractivity contribution in [3.63, 3.8) is 0 Å². The van der Waals surface area contributed by atoms with Crippen molar-refractivity contribution in [1.29, 1.82) is 0 Å². The summed E-state index contributed by atoms with van der Waals surface area (Å²) >= 11 is 0. The SMILES string of the molecule is CCNC(=NCc1nncn1-c1ccccc1)NCCc1cccc(C(=O)N(C)C)c1.I. The van der Waals surface area contributed by atoms with Crippen molar-refractivity contribution in [2.75, 3.05) is 27.2 Å². The molecule has 1 aromatic heterocycles. The highest BCUT2D eigenvalue weighted by Gasteiger charge is 2.09. The van der Waals surface area contributed by atoms with Crippen molar-refractivity contribution in [3.8, 4) is 5.69 Å². The largest absolute Gasteiger partial charge is 0.357 e. The van der Waals surface area contributed by atoms with Crippen LogP contribution in [0.2, 0.25) is 0 Å². The summed E-state index contributed by atoms with van der Waals surface area (Å²) in [7, 11) is 3.52. The molecule has 3 rings (SSSR count). The lowest BCUT2D eigenvalue weighted by atomic mass is 10.1. The second kappa shape index (κ2) is 12.8. The number of aliphatic imine (C=N–C) groups is 1. The number of halogens is 1. The predicted octanol–water partition coefficient (Wildman–Crippen LogP) is 2.88. The molecule has 0 atom stereocenters. The molecule has 0 spiro atoms. The van der Waals surface area contributed by atoms with Crippen LogP contribution < -0.4 is 10.6 Å². The Morgan fingerprint density at radius 1 is 1.09 bits per heavy atom. The lowest BCUT2D eigenvalue weighted by Gasteiger charge is -2.13. The molecule has 0 aliphatic heterocycles. The zero-order valence-electron chi connectivity index (χ0n) is 18.7. The first kappa shape index (κ1) is 25.3. The van der Waals surface area contributed by atoms with Crippen LogP contribution in [0.4, 0.5) is 0 Å². The second-order valence-corrected chi connectivity index (χ2v) is 7.22. The maximum atomic E-state index is 12.2. The van der Waals surface area contributed by atoms with E-state index in [1.165, 1.54) is 0 Å². The maximum Gasteiger partial charge on any atom is 0.253 e. The van der Waals surface area contributed by atoms with Crippen molar-refractivity contribution >= 4 is 35.8 Å². The number of guanidine groups is 1. The molecule has 170 valence electrons. The lowest BCUT2D eigenvalue weighted by molar-refractivity contribution is 0.0827. The Labute approximate surface area is 206 Å². The third-order valence-corrected chi connectivity index (χ3v) is 4.66. The van der Waals surface area contributed by atoms with E-state index in [0.717, 1.165) is 30.0 Å². The molecule has 0 aliphatic rings. The van der Waals surface area contributed by atoms with E-state index in [1.807, 2.05) is 66.1 Å². The molecule has 0 saturated carbocycles. The number of carbonyl (C=O) groups is 1. The molecule has 0 fully saturated rings. The van der Waals surface area contributed by atoms with Crippen molar-refractivity contribution in [2.45, 2.75) is 19.9 Å². The normalized spacial score (nSPS) is 10.9. The number of hydrogen-bond acceptors (Lipinski definition) is 4. The number of aromatic nitrogens is 3. The van der Waals surface area contributed by atoms with Gasteiger partial charge >= 0.3 is 0 Å². The first-order valence-electron chi connectivity index (χ1n) is 10.4. The molecule has 2 aromatic carbocycles. The number of nitrogens with zero attached hydrogens (tertiary/aromatic N) is 5. The van der Waals surface area contributed by atoms with E-state index in [4.69, 9.17) is 0 Å². The molecule has 0 unspecified atom stereocenters. The molecule has 1 heterocycles. The molecule has 0 bridgehead atoms. The quantitative estimate of drug-likeness (QED) is 0.258. The van der Waals surface area contributed by atoms with Gasteiger partial charge in [0.15, 0.2) is 11.8 Å². The van der Waals surface area contributed by atoms with Gasteiger partial charge in [-0.05, 0) is 43.2 Å². The first-order valence-corrected chi connectivity index (χ1v) is 10.4. The second-order valence-electron chi connectivity index (χ2n) is 7.22. The average molecular weight is 547 g/mol. The van der Waals surface area contributed by atoms with Crippen LogP contribution in [0.1, 0.15) is 28.7 Å². The molecule has 3 aromatic rings. The molecule has 0 aliphatic carbocycles. The van der Waals surface area contributed by atoms with Gasteiger partial charge in [-0.2, -0.15) is 0 Å². The number of benzene rings is 2. The minimum Gasteiger partial charge on any atom is -0.357 e. The van der Waals surface area contributed by atoms with Gasteiger partial charge in [-0.25, -0.2) is 4.99 Å². The first-order chi connectivity index (χ1) is 15.1. The predicted molar refractivity (Wildman–Crippen MR) is 138 cm³/mol. The standard InChI is InChI=1S/C23H29N7O.HI/c1-4-24-23(25-14-13-18-9-8-10-19(15-18)22(31)29(2)3)26-16-21-28-27-17-30(21)20-11-6-5-7-12-20;/h5-12,15,17H,4,13-14,16H2,1-3H3,(H2,24,25,26);1H. The van der Waals surface area contributed by atoms with Crippen LogP contribution in [-0.4, -0.2) is 58.7 Å². The number of amides is 1. The smallest absolute Gasteiger partial charge is 0.253 e. The van der Waals surface area contributed by atoms with Crippen molar-refractivity contribution in [1.82, 2.24) is 30.3 Å². The molecule has 0 saturated heterocycles. The van der Waals surface area contributed by atoms with Crippen LogP contribution in [0, 0.1) is 0 Å². The summed E-state index contributed by atoms with van der Waals surface area (Å²) < 4.78 is 1.93. The van der Waals surface area contributed by atoms with Crippen LogP contribution in [0.3, 0.4) is 0 Å². The van der Waals surface area contributed by atoms with Gasteiger partial charge < -0.3 is 15.5 Å². The molecule has 32 heavy (non-hydrogen) atoms. The van der Waals surface area contributed by atoms with Gasteiger partial charge in [0.2, 0.25) is 0 Å². The van der Waals surface area contributed by atoms with Gasteiger partial charge in [-0.3, -0.25) is 9.36 Å². The Hall–Kier alpha value is -2.95. The third kappa shape index (κ3) is 7.04. The van der Waals surface area contributed by atoms with Gasteiger partial charge in [0.1, 0.15) is 12.9 Å². The monoisotopic (exact) mass is 547 g/mol. The highest BCUT2D eigenvalue weighted by atomic mass is 127. The molecular formula is C23H30IN7O. The lowest BCUT2D eigenvalue weighted by Crippen LogP contribution is -2.38. The zero-order chi connectivity index (χ0) is 22.1. The van der Waals surface area contributed by atoms with Gasteiger partial charge in [0.25, 0.3) is 5.91 Å². The maximum absolute atomic E-state index is 12.2. The van der Waals surface area contributed by atoms with Crippen LogP contribution in [0.15, 0.2) is 65.9 Å². The summed E-state index contributed by atoms with van der Waals surface area (Å²) in [5, 5.41) is 14.8. The van der Waals surface area contributed by atoms with Gasteiger partial charge in [-0.15, -0.1) is 34.2 Å². The summed E-state index contributed by atoms with van der Waals surface area (Å²) in [6.07, 6.45) is 2.47. The number of para-hydroxylation sites is 1. The summed E-state index contributed by atoms with van der Waals surface area (Å²) in [4.78, 5) is 18.4. The average Bonchev–Trinajstić information content (AvgIpc) is 3.26. The van der Waals surface area contributed by atoms with Crippen LogP contribution in [0.25, 0.3) is 5.69 Å². The summed E-state index contributed by atoms with van der Waals surface area (Å²) in [5.41, 5.74) is 2.80. The number of carbonyl (C=O) groups excluding carboxylic acids is 1. The van der Waals surface area contributed by atoms with E-state index in [0.29, 0.717) is 24.6 Å². The zero-order valence-corrected chi connectivity index (χ0v) is 21.0. The highest BCUT2D eigenvalue weighted by molar-refractivity contribution is 14.0. The Kier molecular flexibility index (Phi) is 10.1. The van der Waals surface area contributed by atoms with Gasteiger partial charge in [0, 0.05) is 38.4 Å². The molecule has 2 N–H and O–H groups in total. The number of nitrogens with one attached hydrogen (secondary N) is 2. The van der Waals surface area contributed by atoms with Crippen LogP contribution in [-0.2, 0) is 13.0 Å². The Balaban J connectivity index is 0.00000363. The highest BCUT2D eigenvalue weighted by Crippen LogP contribution is 2.10. The van der Waals surface area contributed by atoms with E-state index in [2.05, 4.69) is 25.8 Å². The van der Waals surface area contributed by atoms with E-state index >= 15 is 0 Å². The molecular weight excluding hydrogens is 517 g/mol. The summed E-state index contributed by atoms with van der Waals surface area (Å²) in [5.74, 6) is 1.48. The minimum absolute atomic E-state index is 0. The van der Waals surface area contributed by atoms with E-state index < -0.39 is 0 Å². The molecule has 9 heteroatoms. The molecule has 0 radical (unpaired) electrons. The Bertz CT molecular complexity index is 1020.